The lowest BCUT2D eigenvalue weighted by atomic mass is 10.0. The fraction of sp³-hybridized carbons (Fsp3) is 0.500. The number of nitrogens with one attached hydrogen (secondary N) is 3. The van der Waals surface area contributed by atoms with Gasteiger partial charge in [-0.05, 0) is 92.7 Å². The maximum Gasteiger partial charge on any atom is 0.251 e. The molecule has 2 heterocycles. The Hall–Kier alpha value is -2.47. The summed E-state index contributed by atoms with van der Waals surface area (Å²) in [6.07, 6.45) is 6.34. The molecule has 1 aromatic heterocycles. The molecule has 34 heavy (non-hydrogen) atoms. The Morgan fingerprint density at radius 1 is 1.12 bits per heavy atom. The third kappa shape index (κ3) is 6.56. The van der Waals surface area contributed by atoms with Gasteiger partial charge in [-0.2, -0.15) is 4.98 Å². The van der Waals surface area contributed by atoms with Gasteiger partial charge in [-0.25, -0.2) is 4.98 Å². The minimum atomic E-state index is -0.271. The second kappa shape index (κ2) is 11.8. The zero-order valence-electron chi connectivity index (χ0n) is 18.7. The van der Waals surface area contributed by atoms with Crippen molar-refractivity contribution in [3.05, 3.63) is 39.6 Å². The Labute approximate surface area is 214 Å². The van der Waals surface area contributed by atoms with Crippen molar-refractivity contribution < 1.29 is 9.59 Å². The van der Waals surface area contributed by atoms with Gasteiger partial charge in [0.15, 0.2) is 0 Å². The molecule has 2 aliphatic rings. The molecule has 184 valence electrons. The lowest BCUT2D eigenvalue weighted by molar-refractivity contribution is -0.121. The fourth-order valence-corrected chi connectivity index (χ4v) is 4.85. The number of primary amides is 1. The molecular weight excluding hydrogens is 545 g/mol. The van der Waals surface area contributed by atoms with E-state index < -0.39 is 0 Å². The van der Waals surface area contributed by atoms with Gasteiger partial charge in [-0.1, -0.05) is 13.8 Å². The Kier molecular flexibility index (Phi) is 9.06. The minimum Gasteiger partial charge on any atom is -0.369 e. The molecule has 2 atom stereocenters. The number of benzene rings is 1. The molecule has 1 aliphatic carbocycles. The van der Waals surface area contributed by atoms with Crippen LogP contribution >= 0.6 is 22.6 Å². The average molecular weight is 579 g/mol. The lowest BCUT2D eigenvalue weighted by Crippen LogP contribution is -2.43. The van der Waals surface area contributed by atoms with Gasteiger partial charge in [0.1, 0.15) is 5.82 Å². The Bertz CT molecular complexity index is 993. The van der Waals surface area contributed by atoms with Crippen LogP contribution in [0.25, 0.3) is 0 Å². The SMILES string of the molecule is C.CN1CCC(NC(=O)c2ccc(Nc3ncc(I)c(N[C@@H]4CCC[C@@H]4C(N)=O)n3)cc2)CC1. The van der Waals surface area contributed by atoms with E-state index in [2.05, 4.69) is 60.5 Å². The highest BCUT2D eigenvalue weighted by Gasteiger charge is 2.32. The maximum absolute atomic E-state index is 12.6. The number of nitrogens with two attached hydrogens (primary N) is 1. The number of likely N-dealkylation sites (tertiary alicyclic amines) is 1. The van der Waals surface area contributed by atoms with Gasteiger partial charge in [0.25, 0.3) is 5.91 Å². The highest BCUT2D eigenvalue weighted by atomic mass is 127. The molecule has 5 N–H and O–H groups in total. The third-order valence-corrected chi connectivity index (χ3v) is 7.19. The van der Waals surface area contributed by atoms with Crippen molar-refractivity contribution in [3.63, 3.8) is 0 Å². The molecule has 2 aromatic rings. The number of amides is 2. The molecule has 2 amide bonds. The Balaban J connectivity index is 0.00000324. The van der Waals surface area contributed by atoms with Gasteiger partial charge in [-0.3, -0.25) is 9.59 Å². The first-order valence-electron chi connectivity index (χ1n) is 11.3. The van der Waals surface area contributed by atoms with Gasteiger partial charge in [0.05, 0.1) is 9.49 Å². The van der Waals surface area contributed by atoms with Crippen LogP contribution in [0.3, 0.4) is 0 Å². The summed E-state index contributed by atoms with van der Waals surface area (Å²) >= 11 is 2.18. The van der Waals surface area contributed by atoms with Crippen LogP contribution in [0.5, 0.6) is 0 Å². The summed E-state index contributed by atoms with van der Waals surface area (Å²) in [4.78, 5) is 35.5. The number of nitrogens with zero attached hydrogens (tertiary/aromatic N) is 3. The van der Waals surface area contributed by atoms with Gasteiger partial charge >= 0.3 is 0 Å². The number of rotatable bonds is 7. The zero-order valence-corrected chi connectivity index (χ0v) is 20.8. The number of carbonyl (C=O) groups excluding carboxylic acids is 2. The van der Waals surface area contributed by atoms with Gasteiger partial charge in [0.2, 0.25) is 11.9 Å². The van der Waals surface area contributed by atoms with Crippen LogP contribution < -0.4 is 21.7 Å². The minimum absolute atomic E-state index is 0. The average Bonchev–Trinajstić information content (AvgIpc) is 3.27. The molecule has 0 bridgehead atoms. The molecule has 1 aromatic carbocycles. The van der Waals surface area contributed by atoms with E-state index in [0.717, 1.165) is 54.5 Å². The summed E-state index contributed by atoms with van der Waals surface area (Å²) in [6, 6.07) is 7.51. The summed E-state index contributed by atoms with van der Waals surface area (Å²) in [7, 11) is 2.10. The largest absolute Gasteiger partial charge is 0.369 e. The summed E-state index contributed by atoms with van der Waals surface area (Å²) in [5.74, 6) is 0.622. The standard InChI is InChI=1S/C23H30IN7O2.CH4/c1-31-11-9-16(10-12-31)27-22(33)14-5-7-15(8-6-14)28-23-26-13-18(24)21(30-23)29-19-4-2-3-17(19)20(25)32;/h5-8,13,16-17,19H,2-4,9-12H2,1H3,(H2,25,32)(H,27,33)(H2,26,28,29,30);1H4/t17-,19+;/m0./s1. The summed E-state index contributed by atoms with van der Waals surface area (Å²) in [5, 5.41) is 9.70. The van der Waals surface area contributed by atoms with Crippen molar-refractivity contribution in [1.82, 2.24) is 20.2 Å². The van der Waals surface area contributed by atoms with Crippen LogP contribution in [0.4, 0.5) is 17.5 Å². The number of carbonyl (C=O) groups is 2. The Morgan fingerprint density at radius 3 is 2.50 bits per heavy atom. The molecule has 0 radical (unpaired) electrons. The smallest absolute Gasteiger partial charge is 0.251 e. The van der Waals surface area contributed by atoms with E-state index in [9.17, 15) is 9.59 Å². The molecule has 2 fully saturated rings. The molecule has 1 saturated heterocycles. The van der Waals surface area contributed by atoms with Gasteiger partial charge in [-0.15, -0.1) is 0 Å². The van der Waals surface area contributed by atoms with E-state index in [0.29, 0.717) is 17.3 Å². The number of aromatic nitrogens is 2. The monoisotopic (exact) mass is 579 g/mol. The summed E-state index contributed by atoms with van der Waals surface area (Å²) in [5.41, 5.74) is 6.96. The van der Waals surface area contributed by atoms with Crippen LogP contribution in [0.1, 0.15) is 49.9 Å². The molecule has 1 saturated carbocycles. The zero-order chi connectivity index (χ0) is 23.4. The van der Waals surface area contributed by atoms with E-state index in [4.69, 9.17) is 5.73 Å². The highest BCUT2D eigenvalue weighted by Crippen LogP contribution is 2.29. The number of anilines is 3. The van der Waals surface area contributed by atoms with Crippen molar-refractivity contribution in [3.8, 4) is 0 Å². The van der Waals surface area contributed by atoms with E-state index in [1.807, 2.05) is 12.1 Å². The van der Waals surface area contributed by atoms with Crippen LogP contribution in [0.15, 0.2) is 30.5 Å². The first-order valence-corrected chi connectivity index (χ1v) is 12.4. The second-order valence-corrected chi connectivity index (χ2v) is 10.00. The number of hydrogen-bond donors (Lipinski definition) is 4. The van der Waals surface area contributed by atoms with E-state index in [1.54, 1.807) is 18.3 Å². The molecule has 9 nitrogen and oxygen atoms in total. The third-order valence-electron chi connectivity index (χ3n) is 6.40. The highest BCUT2D eigenvalue weighted by molar-refractivity contribution is 14.1. The van der Waals surface area contributed by atoms with Crippen molar-refractivity contribution in [2.75, 3.05) is 30.8 Å². The van der Waals surface area contributed by atoms with Crippen LogP contribution in [-0.2, 0) is 4.79 Å². The summed E-state index contributed by atoms with van der Waals surface area (Å²) < 4.78 is 0.870. The van der Waals surface area contributed by atoms with Gasteiger partial charge < -0.3 is 26.6 Å². The molecule has 0 spiro atoms. The lowest BCUT2D eigenvalue weighted by Gasteiger charge is -2.29. The Morgan fingerprint density at radius 2 is 1.82 bits per heavy atom. The van der Waals surface area contributed by atoms with Crippen LogP contribution in [0.2, 0.25) is 0 Å². The second-order valence-electron chi connectivity index (χ2n) is 8.83. The number of halogens is 1. The molecular formula is C24H34IN7O2. The predicted molar refractivity (Wildman–Crippen MR) is 143 cm³/mol. The van der Waals surface area contributed by atoms with Crippen molar-refractivity contribution >= 4 is 51.9 Å². The fourth-order valence-electron chi connectivity index (χ4n) is 4.43. The first-order chi connectivity index (χ1) is 15.9. The van der Waals surface area contributed by atoms with Crippen molar-refractivity contribution in [2.24, 2.45) is 11.7 Å². The van der Waals surface area contributed by atoms with E-state index >= 15 is 0 Å². The summed E-state index contributed by atoms with van der Waals surface area (Å²) in [6.45, 7) is 2.01. The predicted octanol–water partition coefficient (Wildman–Crippen LogP) is 3.35. The topological polar surface area (TPSA) is 125 Å². The van der Waals surface area contributed by atoms with Gasteiger partial charge in [0, 0.05) is 29.5 Å². The van der Waals surface area contributed by atoms with Crippen molar-refractivity contribution in [2.45, 2.75) is 51.6 Å². The quantitative estimate of drug-likeness (QED) is 0.371. The van der Waals surface area contributed by atoms with Crippen LogP contribution in [-0.4, -0.2) is 58.9 Å². The molecule has 1 aliphatic heterocycles. The maximum atomic E-state index is 12.6. The van der Waals surface area contributed by atoms with Crippen molar-refractivity contribution in [1.29, 1.82) is 0 Å². The normalized spacial score (nSPS) is 20.9. The molecule has 10 heteroatoms. The van der Waals surface area contributed by atoms with Crippen LogP contribution in [0, 0.1) is 9.49 Å². The van der Waals surface area contributed by atoms with E-state index in [1.165, 1.54) is 0 Å². The molecule has 4 rings (SSSR count). The number of piperidine rings is 1. The first kappa shape index (κ1) is 26.1. The van der Waals surface area contributed by atoms with E-state index in [-0.39, 0.29) is 37.2 Å². The number of hydrogen-bond acceptors (Lipinski definition) is 7. The molecule has 0 unspecified atom stereocenters.